The molecule has 216 valence electrons. The van der Waals surface area contributed by atoms with E-state index in [4.69, 9.17) is 18.9 Å². The fourth-order valence-electron chi connectivity index (χ4n) is 5.55. The Hall–Kier alpha value is -3.92. The summed E-state index contributed by atoms with van der Waals surface area (Å²) in [5, 5.41) is 12.7. The average molecular weight is 561 g/mol. The largest absolute Gasteiger partial charge is 0.491 e. The Kier molecular flexibility index (Phi) is 9.51. The number of carbonyl (C=O) groups excluding carboxylic acids is 2. The van der Waals surface area contributed by atoms with Crippen LogP contribution in [0.25, 0.3) is 11.1 Å². The lowest BCUT2D eigenvalue weighted by Crippen LogP contribution is -2.38. The van der Waals surface area contributed by atoms with Crippen LogP contribution >= 0.6 is 0 Å². The third-order valence-corrected chi connectivity index (χ3v) is 7.47. The molecule has 1 heterocycles. The van der Waals surface area contributed by atoms with E-state index in [1.54, 1.807) is 36.3 Å². The van der Waals surface area contributed by atoms with Crippen molar-refractivity contribution in [3.63, 3.8) is 0 Å². The van der Waals surface area contributed by atoms with Crippen LogP contribution in [0.15, 0.2) is 72.8 Å². The maximum atomic E-state index is 12.9. The maximum absolute atomic E-state index is 12.9. The topological polar surface area (TPSA) is 107 Å². The summed E-state index contributed by atoms with van der Waals surface area (Å²) < 4.78 is 22.0. The maximum Gasteiger partial charge on any atom is 0.407 e. The Morgan fingerprint density at radius 3 is 2.27 bits per heavy atom. The summed E-state index contributed by atoms with van der Waals surface area (Å²) >= 11 is 0. The van der Waals surface area contributed by atoms with Crippen molar-refractivity contribution in [1.29, 1.82) is 0 Å². The summed E-state index contributed by atoms with van der Waals surface area (Å²) in [5.41, 5.74) is 5.26. The molecule has 0 spiro atoms. The van der Waals surface area contributed by atoms with Crippen molar-refractivity contribution in [3.05, 3.63) is 89.5 Å². The molecule has 2 amide bonds. The first-order chi connectivity index (χ1) is 20.0. The minimum atomic E-state index is -0.532. The SMILES string of the molecule is COCC1CC(O)CN1C(=O)c1ccc(OCCOCCNC(=O)OCC2c3ccccc3-c3ccccc32)cc1. The lowest BCUT2D eigenvalue weighted by Gasteiger charge is -2.23. The second kappa shape index (κ2) is 13.6. The number of ether oxygens (including phenoxy) is 4. The van der Waals surface area contributed by atoms with Gasteiger partial charge in [0.2, 0.25) is 0 Å². The molecule has 2 atom stereocenters. The molecule has 2 aliphatic rings. The van der Waals surface area contributed by atoms with E-state index in [1.807, 2.05) is 24.3 Å². The van der Waals surface area contributed by atoms with Crippen LogP contribution in [0.2, 0.25) is 0 Å². The molecule has 3 aromatic carbocycles. The standard InChI is InChI=1S/C32H36N2O7/c1-38-20-23-18-24(35)19-34(23)31(36)22-10-12-25(13-11-22)40-17-16-39-15-14-33-32(37)41-21-30-28-8-4-2-6-26(28)27-7-3-5-9-29(27)30/h2-13,23-24,30,35H,14-21H2,1H3,(H,33,37). The Balaban J connectivity index is 0.968. The highest BCUT2D eigenvalue weighted by Crippen LogP contribution is 2.44. The minimum Gasteiger partial charge on any atom is -0.491 e. The molecule has 1 saturated heterocycles. The fraction of sp³-hybridized carbons (Fsp3) is 0.375. The normalized spacial score (nSPS) is 17.7. The van der Waals surface area contributed by atoms with Gasteiger partial charge in [-0.25, -0.2) is 4.79 Å². The third-order valence-electron chi connectivity index (χ3n) is 7.47. The molecule has 41 heavy (non-hydrogen) atoms. The Bertz CT molecular complexity index is 1280. The van der Waals surface area contributed by atoms with Crippen LogP contribution in [0.4, 0.5) is 4.79 Å². The zero-order chi connectivity index (χ0) is 28.6. The number of benzene rings is 3. The molecule has 9 heteroatoms. The third kappa shape index (κ3) is 6.87. The molecule has 0 radical (unpaired) electrons. The number of methoxy groups -OCH3 is 1. The van der Waals surface area contributed by atoms with Crippen molar-refractivity contribution in [2.45, 2.75) is 24.5 Å². The average Bonchev–Trinajstić information content (AvgIpc) is 3.52. The Morgan fingerprint density at radius 1 is 0.902 bits per heavy atom. The number of amides is 2. The second-order valence-electron chi connectivity index (χ2n) is 10.2. The van der Waals surface area contributed by atoms with Gasteiger partial charge in [0.05, 0.1) is 32.0 Å². The first kappa shape index (κ1) is 28.6. The number of β-amino-alcohol motifs (C(OH)–C–C–N with tert-alkyl or cyclic N) is 1. The summed E-state index contributed by atoms with van der Waals surface area (Å²) in [7, 11) is 1.59. The summed E-state index contributed by atoms with van der Waals surface area (Å²) in [6, 6.07) is 23.2. The number of hydrogen-bond acceptors (Lipinski definition) is 7. The van der Waals surface area contributed by atoms with E-state index in [2.05, 4.69) is 29.6 Å². The van der Waals surface area contributed by atoms with Gasteiger partial charge in [0, 0.05) is 31.7 Å². The summed E-state index contributed by atoms with van der Waals surface area (Å²) in [4.78, 5) is 26.8. The van der Waals surface area contributed by atoms with Gasteiger partial charge in [0.15, 0.2) is 0 Å². The van der Waals surface area contributed by atoms with Crippen molar-refractivity contribution in [1.82, 2.24) is 10.2 Å². The highest BCUT2D eigenvalue weighted by atomic mass is 16.6. The lowest BCUT2D eigenvalue weighted by atomic mass is 9.98. The smallest absolute Gasteiger partial charge is 0.407 e. The van der Waals surface area contributed by atoms with Crippen molar-refractivity contribution in [2.75, 3.05) is 53.2 Å². The van der Waals surface area contributed by atoms with Crippen LogP contribution < -0.4 is 10.1 Å². The predicted molar refractivity (Wildman–Crippen MR) is 153 cm³/mol. The number of rotatable bonds is 12. The molecule has 2 unspecified atom stereocenters. The van der Waals surface area contributed by atoms with Gasteiger partial charge in [0.25, 0.3) is 5.91 Å². The van der Waals surface area contributed by atoms with E-state index < -0.39 is 12.2 Å². The van der Waals surface area contributed by atoms with Gasteiger partial charge in [-0.2, -0.15) is 0 Å². The molecule has 1 aliphatic carbocycles. The molecule has 0 saturated carbocycles. The van der Waals surface area contributed by atoms with Gasteiger partial charge >= 0.3 is 6.09 Å². The van der Waals surface area contributed by atoms with E-state index in [1.165, 1.54) is 22.3 Å². The molecule has 5 rings (SSSR count). The molecular formula is C32H36N2O7. The van der Waals surface area contributed by atoms with Gasteiger partial charge in [-0.1, -0.05) is 48.5 Å². The zero-order valence-electron chi connectivity index (χ0n) is 23.2. The molecule has 1 fully saturated rings. The van der Waals surface area contributed by atoms with Crippen LogP contribution in [0.1, 0.15) is 33.8 Å². The number of fused-ring (bicyclic) bond motifs is 3. The van der Waals surface area contributed by atoms with Gasteiger partial charge in [-0.15, -0.1) is 0 Å². The monoisotopic (exact) mass is 560 g/mol. The number of nitrogens with zero attached hydrogens (tertiary/aromatic N) is 1. The fourth-order valence-corrected chi connectivity index (χ4v) is 5.55. The number of nitrogens with one attached hydrogen (secondary N) is 1. The number of carbonyl (C=O) groups is 2. The first-order valence-electron chi connectivity index (χ1n) is 13.9. The Labute approximate surface area is 240 Å². The van der Waals surface area contributed by atoms with Crippen LogP contribution in [0, 0.1) is 0 Å². The van der Waals surface area contributed by atoms with Gasteiger partial charge in [-0.05, 0) is 52.9 Å². The van der Waals surface area contributed by atoms with Gasteiger partial charge in [0.1, 0.15) is 19.0 Å². The van der Waals surface area contributed by atoms with Crippen LogP contribution in [0.5, 0.6) is 5.75 Å². The second-order valence-corrected chi connectivity index (χ2v) is 10.2. The summed E-state index contributed by atoms with van der Waals surface area (Å²) in [5.74, 6) is 0.508. The predicted octanol–water partition coefficient (Wildman–Crippen LogP) is 3.84. The number of aliphatic hydroxyl groups excluding tert-OH is 1. The Morgan fingerprint density at radius 2 is 1.59 bits per heavy atom. The van der Waals surface area contributed by atoms with E-state index in [9.17, 15) is 14.7 Å². The van der Waals surface area contributed by atoms with Crippen LogP contribution in [0.3, 0.4) is 0 Å². The molecule has 0 bridgehead atoms. The van der Waals surface area contributed by atoms with Crippen molar-refractivity contribution < 1.29 is 33.6 Å². The number of aliphatic hydroxyl groups is 1. The number of hydrogen-bond donors (Lipinski definition) is 2. The highest BCUT2D eigenvalue weighted by molar-refractivity contribution is 5.94. The van der Waals surface area contributed by atoms with Crippen molar-refractivity contribution >= 4 is 12.0 Å². The van der Waals surface area contributed by atoms with Crippen molar-refractivity contribution in [2.24, 2.45) is 0 Å². The zero-order valence-corrected chi connectivity index (χ0v) is 23.2. The molecule has 3 aromatic rings. The minimum absolute atomic E-state index is 0.0226. The van der Waals surface area contributed by atoms with Gasteiger partial charge in [-0.3, -0.25) is 4.79 Å². The molecule has 0 aromatic heterocycles. The summed E-state index contributed by atoms with van der Waals surface area (Å²) in [6.07, 6.45) is -0.490. The number of likely N-dealkylation sites (tertiary alicyclic amines) is 1. The molecule has 9 nitrogen and oxygen atoms in total. The van der Waals surface area contributed by atoms with Crippen molar-refractivity contribution in [3.8, 4) is 16.9 Å². The molecule has 2 N–H and O–H groups in total. The summed E-state index contributed by atoms with van der Waals surface area (Å²) in [6.45, 7) is 2.29. The quantitative estimate of drug-likeness (QED) is 0.324. The first-order valence-corrected chi connectivity index (χ1v) is 13.9. The van der Waals surface area contributed by atoms with E-state index in [0.717, 1.165) is 0 Å². The van der Waals surface area contributed by atoms with Crippen LogP contribution in [-0.2, 0) is 14.2 Å². The molecular weight excluding hydrogens is 524 g/mol. The molecule has 1 aliphatic heterocycles. The number of alkyl carbamates (subject to hydrolysis) is 1. The van der Waals surface area contributed by atoms with E-state index in [-0.39, 0.29) is 24.5 Å². The van der Waals surface area contributed by atoms with E-state index >= 15 is 0 Å². The highest BCUT2D eigenvalue weighted by Gasteiger charge is 2.34. The van der Waals surface area contributed by atoms with E-state index in [0.29, 0.717) is 57.3 Å². The van der Waals surface area contributed by atoms with Crippen LogP contribution in [-0.4, -0.2) is 87.4 Å². The van der Waals surface area contributed by atoms with Gasteiger partial charge < -0.3 is 34.3 Å². The lowest BCUT2D eigenvalue weighted by molar-refractivity contribution is 0.0622.